The number of carbonyl (C=O) groups excluding carboxylic acids is 1. The SMILES string of the molecule is O=C(/C=C/c1c2ccccc2cc2ccccc12)c1ccc(OCC(O)(Cn2cncn2)c2ccc(F)cc2F)cc1. The molecule has 42 heavy (non-hydrogen) atoms. The standard InChI is InChI=1S/C34H25F2N3O3/c35-26-11-15-31(32(36)18-26)34(41,19-39-22-37-21-38-39)20-42-27-12-9-23(10-13-27)33(40)16-14-30-28-7-3-1-5-24(28)17-25-6-2-4-8-29(25)30/h1-18,21-22,41H,19-20H2/b16-14+. The fourth-order valence-electron chi connectivity index (χ4n) is 5.06. The number of aliphatic hydroxyl groups is 1. The first-order valence-corrected chi connectivity index (χ1v) is 13.3. The number of benzene rings is 5. The molecule has 1 aromatic heterocycles. The summed E-state index contributed by atoms with van der Waals surface area (Å²) in [6.07, 6.45) is 6.06. The smallest absolute Gasteiger partial charge is 0.185 e. The Balaban J connectivity index is 1.21. The summed E-state index contributed by atoms with van der Waals surface area (Å²) in [6.45, 7) is -0.545. The van der Waals surface area contributed by atoms with Crippen molar-refractivity contribution in [3.63, 3.8) is 0 Å². The molecule has 0 aliphatic carbocycles. The van der Waals surface area contributed by atoms with E-state index in [9.17, 15) is 18.7 Å². The number of halogens is 2. The van der Waals surface area contributed by atoms with Crippen LogP contribution in [0.15, 0.2) is 116 Å². The van der Waals surface area contributed by atoms with E-state index in [-0.39, 0.29) is 24.5 Å². The lowest BCUT2D eigenvalue weighted by Crippen LogP contribution is -2.39. The zero-order valence-corrected chi connectivity index (χ0v) is 22.3. The van der Waals surface area contributed by atoms with Gasteiger partial charge in [0, 0.05) is 17.2 Å². The molecule has 6 aromatic rings. The van der Waals surface area contributed by atoms with Gasteiger partial charge in [0.05, 0.1) is 6.54 Å². The number of ether oxygens (including phenoxy) is 1. The van der Waals surface area contributed by atoms with Crippen molar-refractivity contribution in [2.45, 2.75) is 12.1 Å². The number of aromatic nitrogens is 3. The summed E-state index contributed by atoms with van der Waals surface area (Å²) in [4.78, 5) is 16.9. The maximum Gasteiger partial charge on any atom is 0.185 e. The molecular formula is C34H25F2N3O3. The lowest BCUT2D eigenvalue weighted by atomic mass is 9.94. The number of hydrogen-bond donors (Lipinski definition) is 1. The number of fused-ring (bicyclic) bond motifs is 2. The van der Waals surface area contributed by atoms with Crippen molar-refractivity contribution >= 4 is 33.4 Å². The average Bonchev–Trinajstić information content (AvgIpc) is 3.51. The summed E-state index contributed by atoms with van der Waals surface area (Å²) in [5.74, 6) is -1.50. The number of nitrogens with zero attached hydrogens (tertiary/aromatic N) is 3. The molecule has 0 saturated heterocycles. The van der Waals surface area contributed by atoms with Crippen LogP contribution in [0, 0.1) is 11.6 Å². The van der Waals surface area contributed by atoms with Crippen LogP contribution in [0.4, 0.5) is 8.78 Å². The molecule has 1 N–H and O–H groups in total. The lowest BCUT2D eigenvalue weighted by Gasteiger charge is -2.29. The van der Waals surface area contributed by atoms with Gasteiger partial charge in [-0.15, -0.1) is 0 Å². The summed E-state index contributed by atoms with van der Waals surface area (Å²) in [7, 11) is 0. The third-order valence-electron chi connectivity index (χ3n) is 7.15. The van der Waals surface area contributed by atoms with Gasteiger partial charge in [0.1, 0.15) is 42.2 Å². The Kier molecular flexibility index (Phi) is 7.29. The minimum Gasteiger partial charge on any atom is -0.490 e. The Labute approximate surface area is 240 Å². The predicted molar refractivity (Wildman–Crippen MR) is 157 cm³/mol. The van der Waals surface area contributed by atoms with Crippen LogP contribution in [-0.2, 0) is 12.1 Å². The number of ketones is 1. The van der Waals surface area contributed by atoms with Gasteiger partial charge in [-0.3, -0.25) is 4.79 Å². The lowest BCUT2D eigenvalue weighted by molar-refractivity contribution is -0.0297. The molecule has 0 fully saturated rings. The van der Waals surface area contributed by atoms with Crippen molar-refractivity contribution in [3.8, 4) is 5.75 Å². The third-order valence-corrected chi connectivity index (χ3v) is 7.15. The van der Waals surface area contributed by atoms with Gasteiger partial charge < -0.3 is 9.84 Å². The predicted octanol–water partition coefficient (Wildman–Crippen LogP) is 6.73. The van der Waals surface area contributed by atoms with Gasteiger partial charge in [-0.2, -0.15) is 5.10 Å². The quantitative estimate of drug-likeness (QED) is 0.120. The van der Waals surface area contributed by atoms with Crippen molar-refractivity contribution in [2.24, 2.45) is 0 Å². The fourth-order valence-corrected chi connectivity index (χ4v) is 5.06. The van der Waals surface area contributed by atoms with Gasteiger partial charge in [0.2, 0.25) is 0 Å². The van der Waals surface area contributed by atoms with Gasteiger partial charge in [-0.1, -0.05) is 54.6 Å². The van der Waals surface area contributed by atoms with E-state index in [1.807, 2.05) is 42.5 Å². The van der Waals surface area contributed by atoms with Crippen LogP contribution in [0.25, 0.3) is 27.6 Å². The van der Waals surface area contributed by atoms with E-state index in [1.54, 1.807) is 30.3 Å². The van der Waals surface area contributed by atoms with E-state index in [1.165, 1.54) is 23.4 Å². The summed E-state index contributed by atoms with van der Waals surface area (Å²) in [5.41, 5.74) is -0.608. The summed E-state index contributed by atoms with van der Waals surface area (Å²) in [5, 5.41) is 19.7. The van der Waals surface area contributed by atoms with Crippen LogP contribution in [0.1, 0.15) is 21.5 Å². The molecule has 0 bridgehead atoms. The molecule has 8 heteroatoms. The molecule has 6 nitrogen and oxygen atoms in total. The Morgan fingerprint density at radius 3 is 2.24 bits per heavy atom. The first-order valence-electron chi connectivity index (χ1n) is 13.3. The van der Waals surface area contributed by atoms with Crippen LogP contribution >= 0.6 is 0 Å². The monoisotopic (exact) mass is 561 g/mol. The minimum atomic E-state index is -1.88. The molecule has 0 spiro atoms. The Bertz CT molecular complexity index is 1870. The zero-order chi connectivity index (χ0) is 29.1. The molecule has 6 rings (SSSR count). The Hall–Kier alpha value is -5.21. The highest BCUT2D eigenvalue weighted by atomic mass is 19.1. The number of allylic oxidation sites excluding steroid dienone is 1. The molecule has 0 radical (unpaired) electrons. The molecule has 1 atom stereocenters. The van der Waals surface area contributed by atoms with Gasteiger partial charge >= 0.3 is 0 Å². The molecule has 1 heterocycles. The van der Waals surface area contributed by atoms with Crippen LogP contribution in [0.2, 0.25) is 0 Å². The summed E-state index contributed by atoms with van der Waals surface area (Å²) < 4.78 is 35.4. The highest BCUT2D eigenvalue weighted by molar-refractivity contribution is 6.11. The van der Waals surface area contributed by atoms with Crippen molar-refractivity contribution in [1.82, 2.24) is 14.8 Å². The van der Waals surface area contributed by atoms with E-state index in [0.717, 1.165) is 33.2 Å². The molecule has 5 aromatic carbocycles. The fraction of sp³-hybridized carbons (Fsp3) is 0.0882. The topological polar surface area (TPSA) is 77.2 Å². The number of carbonyl (C=O) groups is 1. The maximum atomic E-state index is 14.7. The first-order chi connectivity index (χ1) is 20.4. The average molecular weight is 562 g/mol. The Morgan fingerprint density at radius 1 is 0.905 bits per heavy atom. The second-order valence-corrected chi connectivity index (χ2v) is 9.99. The molecule has 208 valence electrons. The van der Waals surface area contributed by atoms with Crippen molar-refractivity contribution in [2.75, 3.05) is 6.61 Å². The van der Waals surface area contributed by atoms with E-state index >= 15 is 0 Å². The van der Waals surface area contributed by atoms with E-state index in [0.29, 0.717) is 17.4 Å². The van der Waals surface area contributed by atoms with Gasteiger partial charge in [0.25, 0.3) is 0 Å². The van der Waals surface area contributed by atoms with Crippen LogP contribution in [0.3, 0.4) is 0 Å². The molecule has 1 unspecified atom stereocenters. The number of rotatable bonds is 9. The first kappa shape index (κ1) is 27.0. The van der Waals surface area contributed by atoms with E-state index in [2.05, 4.69) is 28.3 Å². The molecule has 0 aliphatic rings. The number of hydrogen-bond acceptors (Lipinski definition) is 5. The minimum absolute atomic E-state index is 0.141. The summed E-state index contributed by atoms with van der Waals surface area (Å²) >= 11 is 0. The van der Waals surface area contributed by atoms with E-state index in [4.69, 9.17) is 4.74 Å². The van der Waals surface area contributed by atoms with Crippen molar-refractivity contribution in [1.29, 1.82) is 0 Å². The van der Waals surface area contributed by atoms with Crippen LogP contribution < -0.4 is 4.74 Å². The normalized spacial score (nSPS) is 13.0. The largest absolute Gasteiger partial charge is 0.490 e. The Morgan fingerprint density at radius 2 is 1.60 bits per heavy atom. The molecular weight excluding hydrogens is 536 g/mol. The highest BCUT2D eigenvalue weighted by Gasteiger charge is 2.34. The van der Waals surface area contributed by atoms with Gasteiger partial charge in [-0.25, -0.2) is 18.4 Å². The van der Waals surface area contributed by atoms with Crippen LogP contribution in [-0.4, -0.2) is 32.3 Å². The molecule has 0 amide bonds. The summed E-state index contributed by atoms with van der Waals surface area (Å²) in [6, 6.07) is 27.7. The molecule has 0 aliphatic heterocycles. The third kappa shape index (κ3) is 5.53. The van der Waals surface area contributed by atoms with Crippen molar-refractivity contribution in [3.05, 3.63) is 144 Å². The highest BCUT2D eigenvalue weighted by Crippen LogP contribution is 2.30. The molecule has 0 saturated carbocycles. The van der Waals surface area contributed by atoms with Crippen molar-refractivity contribution < 1.29 is 23.4 Å². The maximum absolute atomic E-state index is 14.7. The van der Waals surface area contributed by atoms with E-state index < -0.39 is 17.2 Å². The van der Waals surface area contributed by atoms with Gasteiger partial charge in [0.15, 0.2) is 5.78 Å². The van der Waals surface area contributed by atoms with Gasteiger partial charge in [-0.05, 0) is 75.7 Å². The second kappa shape index (κ2) is 11.3. The second-order valence-electron chi connectivity index (χ2n) is 9.99. The van der Waals surface area contributed by atoms with Crippen LogP contribution in [0.5, 0.6) is 5.75 Å². The zero-order valence-electron chi connectivity index (χ0n) is 22.3.